The van der Waals surface area contributed by atoms with Crippen LogP contribution in [0.3, 0.4) is 0 Å². The van der Waals surface area contributed by atoms with Gasteiger partial charge in [0.2, 0.25) is 5.78 Å². The molecule has 15 nitrogen and oxygen atoms in total. The fraction of sp³-hybridized carbons (Fsp3) is 0.607. The van der Waals surface area contributed by atoms with Gasteiger partial charge in [0.25, 0.3) is 0 Å². The van der Waals surface area contributed by atoms with Gasteiger partial charge in [-0.25, -0.2) is 9.13 Å². The van der Waals surface area contributed by atoms with E-state index in [1.165, 1.54) is 11.6 Å². The van der Waals surface area contributed by atoms with Crippen LogP contribution in [0.4, 0.5) is 0 Å². The summed E-state index contributed by atoms with van der Waals surface area (Å²) >= 11 is 0. The molecule has 3 aromatic rings. The summed E-state index contributed by atoms with van der Waals surface area (Å²) in [5.74, 6) is -0.844. The van der Waals surface area contributed by atoms with Crippen molar-refractivity contribution in [3.05, 3.63) is 119 Å². The van der Waals surface area contributed by atoms with Crippen LogP contribution >= 0.6 is 7.82 Å². The maximum Gasteiger partial charge on any atom is 0.524 e. The van der Waals surface area contributed by atoms with E-state index < -0.39 is 61.4 Å². The third-order valence-corrected chi connectivity index (χ3v) is 18.7. The number of ether oxygens (including phenoxy) is 4. The smallest absolute Gasteiger partial charge is 0.524 e. The number of fused-ring (bicyclic) bond motifs is 7. The van der Waals surface area contributed by atoms with Crippen LogP contribution < -0.4 is 26.8 Å². The minimum absolute atomic E-state index is 0. The highest BCUT2D eigenvalue weighted by atomic mass is 35.5. The van der Waals surface area contributed by atoms with E-state index in [9.17, 15) is 38.9 Å². The number of halogens is 1. The molecular formula is C61H82ClN2O13P. The summed E-state index contributed by atoms with van der Waals surface area (Å²) in [6, 6.07) is 18.9. The molecule has 1 aromatic heterocycles. The van der Waals surface area contributed by atoms with Crippen molar-refractivity contribution in [1.29, 1.82) is 0 Å². The number of hydrogen-bond donors (Lipinski definition) is 5. The number of benzene rings is 2. The number of phosphoric ester groups is 1. The standard InChI is InChI=1S/C61H81N2O13P.ClH/c1-59-29-28-48(64)35-47(59)24-25-49-50-36-55-61(60(50,2)37-51(65)57(49)59,75-58(74-55)44-20-9-6-10-21-44)54(67)41-73-56(68)27-22-43-19-15-31-63(39-43)40-46-34-45(23-26-53(46)76-77(69,70)71)52(66)38-62-30-12-3-4-13-32-72-33-14-11-18-42-16-7-5-8-17-42;/h5,7-8,15-17,19,23,26,28-29,31,34-35,39,44,49-52,55,57-58,62,65-66H,3-4,6,9-14,18,20-22,24-25,27,30,32-33,36-38,40-41H2,1-2H3,(H-,69,70,71);1H/t49-,50-,51-,52?,55+,57+,58+,59-,60-,61+;/m0./s1. The van der Waals surface area contributed by atoms with Crippen LogP contribution in [-0.4, -0.2) is 94.5 Å². The number of Topliss-reactive ketones (excluding diaryl/α,β-unsaturated/α-hetero) is 1. The molecule has 5 N–H and O–H groups in total. The Balaban J connectivity index is 0.00000803. The molecule has 5 fully saturated rings. The zero-order valence-corrected chi connectivity index (χ0v) is 47.1. The molecule has 0 amide bonds. The van der Waals surface area contributed by atoms with Crippen LogP contribution in [0, 0.1) is 34.5 Å². The van der Waals surface area contributed by atoms with Crippen LogP contribution in [0.2, 0.25) is 0 Å². The lowest BCUT2D eigenvalue weighted by atomic mass is 9.46. The van der Waals surface area contributed by atoms with Gasteiger partial charge in [-0.05, 0) is 137 Å². The van der Waals surface area contributed by atoms with Crippen molar-refractivity contribution in [1.82, 2.24) is 5.32 Å². The van der Waals surface area contributed by atoms with Gasteiger partial charge < -0.3 is 51.4 Å². The molecule has 17 heteroatoms. The molecule has 10 atom stereocenters. The molecule has 0 bridgehead atoms. The Bertz CT molecular complexity index is 2640. The van der Waals surface area contributed by atoms with E-state index in [1.807, 2.05) is 35.0 Å². The van der Waals surface area contributed by atoms with Crippen molar-refractivity contribution in [3.8, 4) is 5.75 Å². The number of phosphoric acid groups is 1. The van der Waals surface area contributed by atoms with Crippen molar-refractivity contribution in [3.63, 3.8) is 0 Å². The first-order valence-corrected chi connectivity index (χ1v) is 30.1. The number of carbonyl (C=O) groups is 3. The van der Waals surface area contributed by atoms with Crippen molar-refractivity contribution in [2.75, 3.05) is 32.9 Å². The van der Waals surface area contributed by atoms with Crippen molar-refractivity contribution < 1.29 is 79.4 Å². The maximum atomic E-state index is 15.0. The van der Waals surface area contributed by atoms with E-state index in [2.05, 4.69) is 43.4 Å². The van der Waals surface area contributed by atoms with Crippen LogP contribution in [0.5, 0.6) is 5.75 Å². The Hall–Kier alpha value is -4.12. The topological polar surface area (TPSA) is 211 Å². The summed E-state index contributed by atoms with van der Waals surface area (Å²) in [4.78, 5) is 60.5. The number of nitrogens with one attached hydrogen (secondary N) is 1. The minimum Gasteiger partial charge on any atom is -1.00 e. The molecule has 4 saturated carbocycles. The van der Waals surface area contributed by atoms with E-state index in [0.29, 0.717) is 30.5 Å². The second kappa shape index (κ2) is 26.6. The lowest BCUT2D eigenvalue weighted by molar-refractivity contribution is -0.688. The quantitative estimate of drug-likeness (QED) is 0.0282. The zero-order valence-electron chi connectivity index (χ0n) is 45.5. The molecule has 2 heterocycles. The van der Waals surface area contributed by atoms with Gasteiger partial charge in [0.05, 0.1) is 23.9 Å². The minimum atomic E-state index is -4.92. The molecule has 1 saturated heterocycles. The van der Waals surface area contributed by atoms with E-state index in [1.54, 1.807) is 30.5 Å². The summed E-state index contributed by atoms with van der Waals surface area (Å²) in [7, 11) is -4.92. The highest BCUT2D eigenvalue weighted by molar-refractivity contribution is 7.46. The predicted molar refractivity (Wildman–Crippen MR) is 288 cm³/mol. The number of aryl methyl sites for hydroxylation is 2. The summed E-state index contributed by atoms with van der Waals surface area (Å²) in [5, 5.41) is 26.7. The number of allylic oxidation sites excluding steroid dienone is 4. The summed E-state index contributed by atoms with van der Waals surface area (Å²) in [6.45, 7) is 6.44. The van der Waals surface area contributed by atoms with Crippen LogP contribution in [0.15, 0.2) is 96.9 Å². The van der Waals surface area contributed by atoms with E-state index in [4.69, 9.17) is 23.5 Å². The van der Waals surface area contributed by atoms with Crippen LogP contribution in [-0.2, 0) is 57.3 Å². The Labute approximate surface area is 466 Å². The van der Waals surface area contributed by atoms with Crippen molar-refractivity contribution in [2.24, 2.45) is 34.5 Å². The largest absolute Gasteiger partial charge is 1.00 e. The molecule has 6 aliphatic rings. The van der Waals surface area contributed by atoms with E-state index in [-0.39, 0.29) is 72.8 Å². The number of pyridine rings is 1. The number of aromatic nitrogens is 1. The third-order valence-electron chi connectivity index (χ3n) is 18.2. The van der Waals surface area contributed by atoms with Crippen LogP contribution in [0.25, 0.3) is 0 Å². The Morgan fingerprint density at radius 1 is 0.923 bits per heavy atom. The molecule has 9 rings (SSSR count). The predicted octanol–water partition coefficient (Wildman–Crippen LogP) is 5.71. The van der Waals surface area contributed by atoms with E-state index >= 15 is 0 Å². The second-order valence-electron chi connectivity index (χ2n) is 23.3. The molecule has 1 aliphatic heterocycles. The Morgan fingerprint density at radius 3 is 2.46 bits per heavy atom. The third kappa shape index (κ3) is 13.8. The number of ketones is 2. The van der Waals surface area contributed by atoms with Gasteiger partial charge in [-0.2, -0.15) is 0 Å². The Kier molecular flexibility index (Phi) is 20.5. The monoisotopic (exact) mass is 1120 g/mol. The molecular weight excluding hydrogens is 1040 g/mol. The fourth-order valence-corrected chi connectivity index (χ4v) is 14.8. The maximum absolute atomic E-state index is 15.0. The zero-order chi connectivity index (χ0) is 54.2. The molecule has 426 valence electrons. The molecule has 1 unspecified atom stereocenters. The Morgan fingerprint density at radius 2 is 1.68 bits per heavy atom. The lowest BCUT2D eigenvalue weighted by Crippen LogP contribution is -3.00. The SMILES string of the molecule is C[C@]12C=CC(=O)C=C1CC[C@@H]1[C@@H]2[C@@H](O)C[C@@]2(C)[C@H]1C[C@H]1O[C@@H](C3CCCCC3)O[C@]12C(=O)COC(=O)CCc1ccc[n+](Cc2cc(C(O)CNCCCCCCOCCCCc3ccccc3)ccc2OP(=O)(O)O)c1.[Cl-]. The van der Waals surface area contributed by atoms with Gasteiger partial charge in [-0.3, -0.25) is 24.2 Å². The number of nitrogens with zero attached hydrogens (tertiary/aromatic N) is 1. The highest BCUT2D eigenvalue weighted by Gasteiger charge is 2.76. The molecule has 78 heavy (non-hydrogen) atoms. The molecule has 5 aliphatic carbocycles. The number of carbonyl (C=O) groups excluding carboxylic acids is 3. The number of rotatable bonds is 26. The summed E-state index contributed by atoms with van der Waals surface area (Å²) in [6.07, 6.45) is 21.4. The highest BCUT2D eigenvalue weighted by Crippen LogP contribution is 2.70. The van der Waals surface area contributed by atoms with Crippen LogP contribution in [0.1, 0.15) is 145 Å². The van der Waals surface area contributed by atoms with Gasteiger partial charge in [-0.1, -0.05) is 94.0 Å². The van der Waals surface area contributed by atoms with Crippen molar-refractivity contribution in [2.45, 2.75) is 166 Å². The average Bonchev–Trinajstić information content (AvgIpc) is 4.09. The van der Waals surface area contributed by atoms with Gasteiger partial charge in [0, 0.05) is 60.5 Å². The molecule has 2 aromatic carbocycles. The number of aliphatic hydroxyl groups excluding tert-OH is 2. The lowest BCUT2D eigenvalue weighted by Gasteiger charge is -2.59. The van der Waals surface area contributed by atoms with Crippen molar-refractivity contribution >= 4 is 25.4 Å². The first kappa shape index (κ1) is 60.0. The normalized spacial score (nSPS) is 28.8. The van der Waals surface area contributed by atoms with Gasteiger partial charge in [0.15, 0.2) is 43.2 Å². The van der Waals surface area contributed by atoms with Gasteiger partial charge in [0.1, 0.15) is 5.75 Å². The second-order valence-corrected chi connectivity index (χ2v) is 24.5. The number of hydrogen-bond acceptors (Lipinski definition) is 12. The summed E-state index contributed by atoms with van der Waals surface area (Å²) in [5.41, 5.74) is 1.54. The first-order valence-electron chi connectivity index (χ1n) is 28.6. The molecule has 0 radical (unpaired) electrons. The number of aliphatic hydroxyl groups is 2. The van der Waals surface area contributed by atoms with E-state index in [0.717, 1.165) is 121 Å². The number of unbranched alkanes of at least 4 members (excludes halogenated alkanes) is 4. The average molecular weight is 1120 g/mol. The molecule has 0 spiro atoms. The van der Waals surface area contributed by atoms with Gasteiger partial charge in [-0.15, -0.1) is 0 Å². The van der Waals surface area contributed by atoms with Gasteiger partial charge >= 0.3 is 13.8 Å². The fourth-order valence-electron chi connectivity index (χ4n) is 14.4. The first-order chi connectivity index (χ1) is 37.1. The number of esters is 1. The summed E-state index contributed by atoms with van der Waals surface area (Å²) < 4.78 is 44.4.